The monoisotopic (exact) mass is 467 g/mol. The molecule has 0 spiro atoms. The van der Waals surface area contributed by atoms with Crippen LogP contribution in [0.3, 0.4) is 0 Å². The van der Waals surface area contributed by atoms with Crippen LogP contribution in [0.1, 0.15) is 44.7 Å². The van der Waals surface area contributed by atoms with Gasteiger partial charge in [-0.15, -0.1) is 0 Å². The van der Waals surface area contributed by atoms with Gasteiger partial charge in [0.25, 0.3) is 0 Å². The summed E-state index contributed by atoms with van der Waals surface area (Å²) in [4.78, 5) is 11.7. The summed E-state index contributed by atoms with van der Waals surface area (Å²) in [5, 5.41) is 9.59. The van der Waals surface area contributed by atoms with Gasteiger partial charge in [-0.2, -0.15) is 0 Å². The van der Waals surface area contributed by atoms with Crippen LogP contribution in [-0.2, 0) is 36.6 Å². The van der Waals surface area contributed by atoms with Gasteiger partial charge in [0.2, 0.25) is 0 Å². The molecule has 0 aromatic heterocycles. The summed E-state index contributed by atoms with van der Waals surface area (Å²) < 4.78 is 26.7. The van der Waals surface area contributed by atoms with Crippen molar-refractivity contribution in [3.8, 4) is 0 Å². The van der Waals surface area contributed by atoms with E-state index in [-0.39, 0.29) is 6.73 Å². The van der Waals surface area contributed by atoms with Crippen molar-refractivity contribution in [3.63, 3.8) is 0 Å². The Labute approximate surface area is 190 Å². The zero-order valence-electron chi connectivity index (χ0n) is 19.7. The van der Waals surface area contributed by atoms with Crippen molar-refractivity contribution >= 4 is 25.4 Å². The van der Waals surface area contributed by atoms with Crippen molar-refractivity contribution in [2.75, 3.05) is 26.6 Å². The van der Waals surface area contributed by atoms with E-state index >= 15 is 0 Å². The molecule has 2 fully saturated rings. The number of ether oxygens (including phenoxy) is 2. The van der Waals surface area contributed by atoms with E-state index < -0.39 is 41.1 Å². The molecule has 31 heavy (non-hydrogen) atoms. The molecule has 174 valence electrons. The lowest BCUT2D eigenvalue weighted by molar-refractivity contribution is -0.140. The number of carbonyl (C=O) groups is 1. The van der Waals surface area contributed by atoms with Crippen LogP contribution in [-0.4, -0.2) is 59.3 Å². The minimum absolute atomic E-state index is 0.276. The van der Waals surface area contributed by atoms with Gasteiger partial charge in [0.05, 0.1) is 18.6 Å². The van der Waals surface area contributed by atoms with Crippen LogP contribution in [0.5, 0.6) is 0 Å². The molecule has 6 nitrogen and oxygen atoms in total. The fourth-order valence-electron chi connectivity index (χ4n) is 3.79. The third-order valence-electron chi connectivity index (χ3n) is 6.22. The summed E-state index contributed by atoms with van der Waals surface area (Å²) in [5.74, 6) is -0.756. The van der Waals surface area contributed by atoms with E-state index in [1.165, 1.54) is 0 Å². The average molecular weight is 468 g/mol. The summed E-state index contributed by atoms with van der Waals surface area (Å²) in [6.45, 7) is 14.7. The smallest absolute Gasteiger partial charge is 0.314 e. The van der Waals surface area contributed by atoms with Crippen molar-refractivity contribution < 1.29 is 23.9 Å². The predicted octanol–water partition coefficient (Wildman–Crippen LogP) is 4.10. The van der Waals surface area contributed by atoms with E-state index in [1.807, 2.05) is 49.3 Å². The number of rotatable bonds is 10. The van der Waals surface area contributed by atoms with Gasteiger partial charge in [-0.05, 0) is 50.8 Å². The van der Waals surface area contributed by atoms with Gasteiger partial charge in [-0.25, -0.2) is 0 Å². The Balaban J connectivity index is 1.84. The fourth-order valence-corrected chi connectivity index (χ4v) is 5.90. The standard InChI is InChI=1S/C23H37NO5SSi/c1-21(2,3)30(27)24(17-28-13-14-31(4,5)6)23(15-29-16-23)19-9-7-18(8-10-19)22(11-12-22)20(25)26/h7-10H,11-17H2,1-6H3,(H,25,26). The van der Waals surface area contributed by atoms with Crippen LogP contribution in [0.2, 0.25) is 25.7 Å². The zero-order valence-corrected chi connectivity index (χ0v) is 21.5. The van der Waals surface area contributed by atoms with E-state index in [1.54, 1.807) is 0 Å². The molecule has 1 saturated carbocycles. The molecule has 0 bridgehead atoms. The molecule has 2 aliphatic rings. The Hall–Kier alpha value is -0.903. The van der Waals surface area contributed by atoms with E-state index in [2.05, 4.69) is 19.6 Å². The first kappa shape index (κ1) is 24.7. The molecule has 1 heterocycles. The first-order valence-electron chi connectivity index (χ1n) is 11.0. The van der Waals surface area contributed by atoms with Gasteiger partial charge in [0.15, 0.2) is 0 Å². The van der Waals surface area contributed by atoms with Crippen LogP contribution >= 0.6 is 0 Å². The number of benzene rings is 1. The second kappa shape index (κ2) is 8.80. The Kier molecular flexibility index (Phi) is 7.02. The molecule has 1 atom stereocenters. The lowest BCUT2D eigenvalue weighted by atomic mass is 9.85. The number of aliphatic carboxylic acids is 1. The Morgan fingerprint density at radius 3 is 2.13 bits per heavy atom. The molecule has 1 aliphatic heterocycles. The SMILES string of the molecule is CC(C)(C)[S+]([O-])N(COCC[Si](C)(C)C)C1(c2ccc(C3(C(=O)O)CC3)cc2)COC1. The summed E-state index contributed by atoms with van der Waals surface area (Å²) in [5.41, 5.74) is 0.579. The highest BCUT2D eigenvalue weighted by molar-refractivity contribution is 7.90. The molecule has 0 radical (unpaired) electrons. The number of hydrogen-bond donors (Lipinski definition) is 1. The summed E-state index contributed by atoms with van der Waals surface area (Å²) >= 11 is -1.29. The van der Waals surface area contributed by atoms with Crippen LogP contribution in [0.15, 0.2) is 24.3 Å². The lowest BCUT2D eigenvalue weighted by Crippen LogP contribution is -2.64. The number of hydrogen-bond acceptors (Lipinski definition) is 5. The highest BCUT2D eigenvalue weighted by Gasteiger charge is 2.55. The number of nitrogens with zero attached hydrogens (tertiary/aromatic N) is 1. The van der Waals surface area contributed by atoms with Crippen molar-refractivity contribution in [1.29, 1.82) is 0 Å². The predicted molar refractivity (Wildman–Crippen MR) is 126 cm³/mol. The highest BCUT2D eigenvalue weighted by Crippen LogP contribution is 2.49. The van der Waals surface area contributed by atoms with Gasteiger partial charge >= 0.3 is 5.97 Å². The summed E-state index contributed by atoms with van der Waals surface area (Å²) in [7, 11) is -1.22. The molecule has 0 amide bonds. The zero-order chi connectivity index (χ0) is 23.1. The number of carboxylic acids is 1. The van der Waals surface area contributed by atoms with Crippen LogP contribution in [0.25, 0.3) is 0 Å². The van der Waals surface area contributed by atoms with Crippen molar-refractivity contribution in [1.82, 2.24) is 4.31 Å². The second-order valence-corrected chi connectivity index (χ2v) is 18.9. The molecule has 1 unspecified atom stereocenters. The van der Waals surface area contributed by atoms with Crippen LogP contribution < -0.4 is 0 Å². The molecule has 1 aliphatic carbocycles. The van der Waals surface area contributed by atoms with Gasteiger partial charge in [0, 0.05) is 26.0 Å². The quantitative estimate of drug-likeness (QED) is 0.241. The maximum atomic E-state index is 13.5. The molecule has 1 aromatic rings. The van der Waals surface area contributed by atoms with Gasteiger partial charge in [-0.3, -0.25) is 4.79 Å². The average Bonchev–Trinajstić information content (AvgIpc) is 3.43. The third kappa shape index (κ3) is 5.20. The highest BCUT2D eigenvalue weighted by atomic mass is 32.2. The first-order valence-corrected chi connectivity index (χ1v) is 15.8. The van der Waals surface area contributed by atoms with E-state index in [4.69, 9.17) is 9.47 Å². The third-order valence-corrected chi connectivity index (χ3v) is 9.83. The Morgan fingerprint density at radius 1 is 1.19 bits per heavy atom. The maximum absolute atomic E-state index is 13.5. The number of carboxylic acid groups (broad SMARTS) is 1. The van der Waals surface area contributed by atoms with Crippen molar-refractivity contribution in [2.24, 2.45) is 0 Å². The molecule has 1 aromatic carbocycles. The van der Waals surface area contributed by atoms with Gasteiger partial charge in [-0.1, -0.05) is 48.2 Å². The molecular weight excluding hydrogens is 430 g/mol. The first-order chi connectivity index (χ1) is 14.3. The van der Waals surface area contributed by atoms with Crippen LogP contribution in [0.4, 0.5) is 0 Å². The Bertz CT molecular complexity index is 779. The van der Waals surface area contributed by atoms with Gasteiger partial charge < -0.3 is 19.1 Å². The van der Waals surface area contributed by atoms with Gasteiger partial charge in [0.1, 0.15) is 17.0 Å². The van der Waals surface area contributed by atoms with E-state index in [0.717, 1.165) is 17.2 Å². The largest absolute Gasteiger partial charge is 0.597 e. The minimum atomic E-state index is -1.29. The van der Waals surface area contributed by atoms with E-state index in [9.17, 15) is 14.5 Å². The molecule has 1 saturated heterocycles. The van der Waals surface area contributed by atoms with E-state index in [0.29, 0.717) is 32.7 Å². The van der Waals surface area contributed by atoms with Crippen LogP contribution in [0, 0.1) is 0 Å². The topological polar surface area (TPSA) is 82.1 Å². The molecule has 3 rings (SSSR count). The van der Waals surface area contributed by atoms with Crippen molar-refractivity contribution in [2.45, 2.75) is 75.0 Å². The second-order valence-electron chi connectivity index (χ2n) is 11.1. The minimum Gasteiger partial charge on any atom is -0.597 e. The van der Waals surface area contributed by atoms with Crippen molar-refractivity contribution in [3.05, 3.63) is 35.4 Å². The normalized spacial score (nSPS) is 20.9. The maximum Gasteiger partial charge on any atom is 0.314 e. The summed E-state index contributed by atoms with van der Waals surface area (Å²) in [6.07, 6.45) is 1.36. The lowest BCUT2D eigenvalue weighted by Gasteiger charge is -2.50. The molecule has 8 heteroatoms. The summed E-state index contributed by atoms with van der Waals surface area (Å²) in [6, 6.07) is 8.85. The Morgan fingerprint density at radius 2 is 1.74 bits per heavy atom. The molecular formula is C23H37NO5SSi. The fraction of sp³-hybridized carbons (Fsp3) is 0.696. The molecule has 1 N–H and O–H groups in total.